The van der Waals surface area contributed by atoms with Crippen LogP contribution in [0.5, 0.6) is 5.75 Å². The lowest BCUT2D eigenvalue weighted by atomic mass is 9.97. The van der Waals surface area contributed by atoms with Crippen LogP contribution >= 0.6 is 0 Å². The van der Waals surface area contributed by atoms with Crippen molar-refractivity contribution in [2.75, 3.05) is 0 Å². The van der Waals surface area contributed by atoms with Gasteiger partial charge in [0, 0.05) is 6.92 Å². The summed E-state index contributed by atoms with van der Waals surface area (Å²) in [4.78, 5) is 10.8. The molecule has 0 bridgehead atoms. The minimum absolute atomic E-state index is 0.335. The van der Waals surface area contributed by atoms with Crippen molar-refractivity contribution < 1.29 is 9.53 Å². The smallest absolute Gasteiger partial charge is 0.308 e. The number of esters is 1. The van der Waals surface area contributed by atoms with Crippen molar-refractivity contribution in [3.05, 3.63) is 29.3 Å². The fourth-order valence-electron chi connectivity index (χ4n) is 1.42. The van der Waals surface area contributed by atoms with Gasteiger partial charge < -0.3 is 4.74 Å². The van der Waals surface area contributed by atoms with Crippen molar-refractivity contribution in [1.82, 2.24) is 0 Å². The molecule has 1 aromatic rings. The van der Waals surface area contributed by atoms with Crippen molar-refractivity contribution in [3.63, 3.8) is 0 Å². The Labute approximate surface area is 95.7 Å². The Morgan fingerprint density at radius 1 is 1.56 bits per heavy atom. The Kier molecular flexibility index (Phi) is 4.07. The molecule has 0 heterocycles. The van der Waals surface area contributed by atoms with E-state index in [0.717, 1.165) is 12.0 Å². The van der Waals surface area contributed by atoms with E-state index in [4.69, 9.17) is 10.00 Å². The van der Waals surface area contributed by atoms with Crippen LogP contribution in [0.1, 0.15) is 44.2 Å². The second-order valence-corrected chi connectivity index (χ2v) is 3.77. The third kappa shape index (κ3) is 2.83. The summed E-state index contributed by atoms with van der Waals surface area (Å²) in [5, 5.41) is 8.97. The molecule has 0 aliphatic rings. The molecule has 1 aromatic carbocycles. The summed E-state index contributed by atoms with van der Waals surface area (Å²) in [6.07, 6.45) is 1.01. The highest BCUT2D eigenvalue weighted by molar-refractivity contribution is 5.70. The molecule has 3 heteroatoms. The molecule has 0 N–H and O–H groups in total. The molecular formula is C13H15NO2. The van der Waals surface area contributed by atoms with Gasteiger partial charge in [0.05, 0.1) is 5.56 Å². The van der Waals surface area contributed by atoms with Gasteiger partial charge in [0.2, 0.25) is 0 Å². The van der Waals surface area contributed by atoms with Crippen LogP contribution in [-0.4, -0.2) is 5.97 Å². The summed E-state index contributed by atoms with van der Waals surface area (Å²) in [5.41, 5.74) is 1.50. The fraction of sp³-hybridized carbons (Fsp3) is 0.385. The topological polar surface area (TPSA) is 50.1 Å². The van der Waals surface area contributed by atoms with Crippen LogP contribution in [0.4, 0.5) is 0 Å². The molecule has 1 unspecified atom stereocenters. The van der Waals surface area contributed by atoms with Crippen LogP contribution in [0.15, 0.2) is 18.2 Å². The zero-order valence-corrected chi connectivity index (χ0v) is 9.78. The first-order chi connectivity index (χ1) is 7.58. The summed E-state index contributed by atoms with van der Waals surface area (Å²) >= 11 is 0. The quantitative estimate of drug-likeness (QED) is 0.577. The van der Waals surface area contributed by atoms with Crippen molar-refractivity contribution in [2.45, 2.75) is 33.1 Å². The first kappa shape index (κ1) is 12.3. The molecule has 0 aromatic heterocycles. The number of carbonyl (C=O) groups is 1. The van der Waals surface area contributed by atoms with Gasteiger partial charge in [-0.2, -0.15) is 5.26 Å². The van der Waals surface area contributed by atoms with E-state index in [-0.39, 0.29) is 0 Å². The SMILES string of the molecule is CCC(C)c1ccc(OC(C)=O)c(C#N)c1. The van der Waals surface area contributed by atoms with E-state index in [9.17, 15) is 4.79 Å². The highest BCUT2D eigenvalue weighted by Crippen LogP contribution is 2.25. The fourth-order valence-corrected chi connectivity index (χ4v) is 1.42. The van der Waals surface area contributed by atoms with E-state index in [0.29, 0.717) is 17.2 Å². The second kappa shape index (κ2) is 5.32. The van der Waals surface area contributed by atoms with Crippen LogP contribution in [0.2, 0.25) is 0 Å². The average molecular weight is 217 g/mol. The number of carbonyl (C=O) groups excluding carboxylic acids is 1. The maximum Gasteiger partial charge on any atom is 0.308 e. The van der Waals surface area contributed by atoms with Crippen LogP contribution < -0.4 is 4.74 Å². The van der Waals surface area contributed by atoms with Crippen molar-refractivity contribution >= 4 is 5.97 Å². The van der Waals surface area contributed by atoms with E-state index in [2.05, 4.69) is 13.8 Å². The number of nitrogens with zero attached hydrogens (tertiary/aromatic N) is 1. The number of nitriles is 1. The van der Waals surface area contributed by atoms with Gasteiger partial charge in [0.25, 0.3) is 0 Å². The third-order valence-electron chi connectivity index (χ3n) is 2.56. The van der Waals surface area contributed by atoms with Gasteiger partial charge in [0.1, 0.15) is 11.8 Å². The van der Waals surface area contributed by atoms with Crippen LogP contribution in [-0.2, 0) is 4.79 Å². The zero-order chi connectivity index (χ0) is 12.1. The maximum atomic E-state index is 10.8. The molecule has 0 saturated heterocycles. The molecule has 1 rings (SSSR count). The minimum Gasteiger partial charge on any atom is -0.425 e. The van der Waals surface area contributed by atoms with Crippen molar-refractivity contribution in [3.8, 4) is 11.8 Å². The number of hydrogen-bond acceptors (Lipinski definition) is 3. The lowest BCUT2D eigenvalue weighted by Crippen LogP contribution is -2.03. The van der Waals surface area contributed by atoms with E-state index in [1.54, 1.807) is 12.1 Å². The van der Waals surface area contributed by atoms with E-state index < -0.39 is 5.97 Å². The van der Waals surface area contributed by atoms with Crippen molar-refractivity contribution in [1.29, 1.82) is 5.26 Å². The molecular weight excluding hydrogens is 202 g/mol. The molecule has 0 fully saturated rings. The second-order valence-electron chi connectivity index (χ2n) is 3.77. The number of rotatable bonds is 3. The number of benzene rings is 1. The first-order valence-electron chi connectivity index (χ1n) is 5.31. The highest BCUT2D eigenvalue weighted by Gasteiger charge is 2.09. The van der Waals surface area contributed by atoms with Crippen LogP contribution in [0.25, 0.3) is 0 Å². The van der Waals surface area contributed by atoms with Crippen LogP contribution in [0.3, 0.4) is 0 Å². The Balaban J connectivity index is 3.07. The summed E-state index contributed by atoms with van der Waals surface area (Å²) < 4.78 is 4.94. The average Bonchev–Trinajstić information content (AvgIpc) is 2.27. The Bertz CT molecular complexity index is 432. The van der Waals surface area contributed by atoms with Gasteiger partial charge in [-0.3, -0.25) is 4.79 Å². The van der Waals surface area contributed by atoms with Crippen LogP contribution in [0, 0.1) is 11.3 Å². The maximum absolute atomic E-state index is 10.8. The lowest BCUT2D eigenvalue weighted by molar-refractivity contribution is -0.131. The molecule has 0 aliphatic carbocycles. The van der Waals surface area contributed by atoms with Gasteiger partial charge in [-0.25, -0.2) is 0 Å². The molecule has 0 aliphatic heterocycles. The van der Waals surface area contributed by atoms with Gasteiger partial charge in [-0.15, -0.1) is 0 Å². The first-order valence-corrected chi connectivity index (χ1v) is 5.31. The largest absolute Gasteiger partial charge is 0.425 e. The molecule has 0 amide bonds. The Morgan fingerprint density at radius 3 is 2.75 bits per heavy atom. The molecule has 1 atom stereocenters. The normalized spacial score (nSPS) is 11.6. The van der Waals surface area contributed by atoms with Gasteiger partial charge in [-0.1, -0.05) is 19.9 Å². The molecule has 3 nitrogen and oxygen atoms in total. The van der Waals surface area contributed by atoms with E-state index >= 15 is 0 Å². The lowest BCUT2D eigenvalue weighted by Gasteiger charge is -2.11. The zero-order valence-electron chi connectivity index (χ0n) is 9.78. The van der Waals surface area contributed by atoms with Gasteiger partial charge in [0.15, 0.2) is 0 Å². The van der Waals surface area contributed by atoms with Crippen molar-refractivity contribution in [2.24, 2.45) is 0 Å². The number of hydrogen-bond donors (Lipinski definition) is 0. The Morgan fingerprint density at radius 2 is 2.25 bits per heavy atom. The predicted octanol–water partition coefficient (Wildman–Crippen LogP) is 3.00. The molecule has 16 heavy (non-hydrogen) atoms. The third-order valence-corrected chi connectivity index (χ3v) is 2.56. The minimum atomic E-state index is -0.409. The highest BCUT2D eigenvalue weighted by atomic mass is 16.5. The monoisotopic (exact) mass is 217 g/mol. The molecule has 0 radical (unpaired) electrons. The molecule has 0 saturated carbocycles. The van der Waals surface area contributed by atoms with E-state index in [1.807, 2.05) is 12.1 Å². The molecule has 84 valence electrons. The summed E-state index contributed by atoms with van der Waals surface area (Å²) in [6, 6.07) is 7.41. The number of ether oxygens (including phenoxy) is 1. The summed E-state index contributed by atoms with van der Waals surface area (Å²) in [5.74, 6) is 0.327. The summed E-state index contributed by atoms with van der Waals surface area (Å²) in [7, 11) is 0. The predicted molar refractivity (Wildman–Crippen MR) is 61.2 cm³/mol. The van der Waals surface area contributed by atoms with Gasteiger partial charge >= 0.3 is 5.97 Å². The Hall–Kier alpha value is -1.82. The standard InChI is InChI=1S/C13H15NO2/c1-4-9(2)11-5-6-13(16-10(3)15)12(7-11)8-14/h5-7,9H,4H2,1-3H3. The summed E-state index contributed by atoms with van der Waals surface area (Å²) in [6.45, 7) is 5.52. The van der Waals surface area contributed by atoms with Gasteiger partial charge in [-0.05, 0) is 30.0 Å². The van der Waals surface area contributed by atoms with E-state index in [1.165, 1.54) is 6.92 Å². The molecule has 0 spiro atoms.